The first-order valence-corrected chi connectivity index (χ1v) is 9.95. The van der Waals surface area contributed by atoms with Gasteiger partial charge in [-0.1, -0.05) is 17.7 Å². The van der Waals surface area contributed by atoms with Gasteiger partial charge in [-0.3, -0.25) is 4.79 Å². The monoisotopic (exact) mass is 396 g/mol. The lowest BCUT2D eigenvalue weighted by Gasteiger charge is -2.23. The first-order valence-electron chi connectivity index (χ1n) is 8.13. The van der Waals surface area contributed by atoms with E-state index in [9.17, 15) is 17.6 Å². The zero-order valence-corrected chi connectivity index (χ0v) is 15.6. The number of nitrogens with one attached hydrogen (secondary N) is 1. The Kier molecular flexibility index (Phi) is 5.32. The summed E-state index contributed by atoms with van der Waals surface area (Å²) in [5, 5.41) is 3.08. The van der Waals surface area contributed by atoms with Crippen molar-refractivity contribution in [3.05, 3.63) is 58.9 Å². The van der Waals surface area contributed by atoms with Crippen LogP contribution in [0.3, 0.4) is 0 Å². The van der Waals surface area contributed by atoms with Gasteiger partial charge in [-0.25, -0.2) is 12.8 Å². The summed E-state index contributed by atoms with van der Waals surface area (Å²) in [6.45, 7) is 2.00. The second-order valence-corrected chi connectivity index (χ2v) is 8.50. The molecule has 138 valence electrons. The van der Waals surface area contributed by atoms with Crippen LogP contribution in [0, 0.1) is 12.7 Å². The molecule has 0 aliphatic carbocycles. The number of benzene rings is 2. The summed E-state index contributed by atoms with van der Waals surface area (Å²) < 4.78 is 40.4. The molecule has 0 unspecified atom stereocenters. The molecule has 5 nitrogen and oxygen atoms in total. The molecule has 1 atom stereocenters. The second-order valence-electron chi connectivity index (χ2n) is 6.18. The Hall–Kier alpha value is -1.96. The van der Waals surface area contributed by atoms with Gasteiger partial charge in [-0.2, -0.15) is 4.31 Å². The van der Waals surface area contributed by atoms with Gasteiger partial charge in [0.2, 0.25) is 15.9 Å². The van der Waals surface area contributed by atoms with E-state index < -0.39 is 27.8 Å². The van der Waals surface area contributed by atoms with Crippen molar-refractivity contribution in [3.63, 3.8) is 0 Å². The molecule has 0 spiro atoms. The molecule has 1 saturated heterocycles. The lowest BCUT2D eigenvalue weighted by molar-refractivity contribution is -0.119. The minimum absolute atomic E-state index is 0.0866. The summed E-state index contributed by atoms with van der Waals surface area (Å²) >= 11 is 5.82. The van der Waals surface area contributed by atoms with E-state index in [0.29, 0.717) is 29.1 Å². The van der Waals surface area contributed by atoms with Crippen molar-refractivity contribution in [2.75, 3.05) is 11.9 Å². The lowest BCUT2D eigenvalue weighted by Crippen LogP contribution is -2.43. The predicted molar refractivity (Wildman–Crippen MR) is 98.1 cm³/mol. The van der Waals surface area contributed by atoms with Crippen molar-refractivity contribution < 1.29 is 17.6 Å². The molecule has 3 rings (SSSR count). The van der Waals surface area contributed by atoms with E-state index in [4.69, 9.17) is 11.6 Å². The molecule has 1 amide bonds. The number of hydrogen-bond donors (Lipinski definition) is 1. The smallest absolute Gasteiger partial charge is 0.243 e. The third-order valence-corrected chi connectivity index (χ3v) is 6.56. The molecule has 26 heavy (non-hydrogen) atoms. The Labute approximate surface area is 156 Å². The number of anilines is 1. The minimum atomic E-state index is -3.82. The Morgan fingerprint density at radius 2 is 1.92 bits per heavy atom. The van der Waals surface area contributed by atoms with Crippen LogP contribution in [-0.2, 0) is 14.8 Å². The van der Waals surface area contributed by atoms with Crippen LogP contribution >= 0.6 is 11.6 Å². The van der Waals surface area contributed by atoms with Gasteiger partial charge in [0.15, 0.2) is 0 Å². The molecule has 2 aromatic carbocycles. The minimum Gasteiger partial charge on any atom is -0.324 e. The molecule has 1 heterocycles. The fourth-order valence-electron chi connectivity index (χ4n) is 2.98. The van der Waals surface area contributed by atoms with Gasteiger partial charge in [0.25, 0.3) is 0 Å². The maximum Gasteiger partial charge on any atom is 0.243 e. The fraction of sp³-hybridized carbons (Fsp3) is 0.278. The fourth-order valence-corrected chi connectivity index (χ4v) is 4.76. The Morgan fingerprint density at radius 3 is 2.62 bits per heavy atom. The average Bonchev–Trinajstić information content (AvgIpc) is 3.09. The van der Waals surface area contributed by atoms with Crippen molar-refractivity contribution in [3.8, 4) is 0 Å². The number of sulfonamides is 1. The average molecular weight is 397 g/mol. The molecule has 1 fully saturated rings. The highest BCUT2D eigenvalue weighted by Crippen LogP contribution is 2.28. The Balaban J connectivity index is 1.84. The molecule has 0 radical (unpaired) electrons. The number of halogens is 2. The van der Waals surface area contributed by atoms with E-state index >= 15 is 0 Å². The molecule has 1 aliphatic rings. The van der Waals surface area contributed by atoms with Crippen molar-refractivity contribution in [1.29, 1.82) is 0 Å². The van der Waals surface area contributed by atoms with Gasteiger partial charge in [-0.15, -0.1) is 0 Å². The van der Waals surface area contributed by atoms with Crippen molar-refractivity contribution in [1.82, 2.24) is 4.31 Å². The van der Waals surface area contributed by atoms with Crippen molar-refractivity contribution in [2.45, 2.75) is 30.7 Å². The van der Waals surface area contributed by atoms with Gasteiger partial charge in [-0.05, 0) is 61.7 Å². The summed E-state index contributed by atoms with van der Waals surface area (Å²) in [7, 11) is -3.82. The van der Waals surface area contributed by atoms with E-state index in [2.05, 4.69) is 5.32 Å². The zero-order valence-electron chi connectivity index (χ0n) is 14.1. The van der Waals surface area contributed by atoms with Gasteiger partial charge in [0.05, 0.1) is 4.90 Å². The van der Waals surface area contributed by atoms with E-state index in [0.717, 1.165) is 0 Å². The van der Waals surface area contributed by atoms with E-state index in [1.54, 1.807) is 13.0 Å². The van der Waals surface area contributed by atoms with Gasteiger partial charge in [0, 0.05) is 17.3 Å². The standard InChI is InChI=1S/C18H18ClFN2O3S/c1-12-4-7-14(20)11-16(12)21-18(23)17-3-2-10-22(17)26(24,25)15-8-5-13(19)6-9-15/h4-9,11,17H,2-3,10H2,1H3,(H,21,23)/t17-/m0/s1. The number of aryl methyl sites for hydroxylation is 1. The van der Waals surface area contributed by atoms with E-state index in [-0.39, 0.29) is 11.4 Å². The van der Waals surface area contributed by atoms with Crippen LogP contribution in [0.4, 0.5) is 10.1 Å². The summed E-state index contributed by atoms with van der Waals surface area (Å²) in [5.41, 5.74) is 1.04. The van der Waals surface area contributed by atoms with Crippen molar-refractivity contribution in [2.24, 2.45) is 0 Å². The van der Waals surface area contributed by atoms with Crippen LogP contribution in [0.25, 0.3) is 0 Å². The van der Waals surface area contributed by atoms with Crippen molar-refractivity contribution >= 4 is 33.2 Å². The normalized spacial score (nSPS) is 18.0. The summed E-state index contributed by atoms with van der Waals surface area (Å²) in [6.07, 6.45) is 0.986. The topological polar surface area (TPSA) is 66.5 Å². The van der Waals surface area contributed by atoms with Crippen LogP contribution in [-0.4, -0.2) is 31.2 Å². The third kappa shape index (κ3) is 3.75. The molecule has 1 N–H and O–H groups in total. The summed E-state index contributed by atoms with van der Waals surface area (Å²) in [4.78, 5) is 12.7. The molecule has 1 aliphatic heterocycles. The molecule has 0 aromatic heterocycles. The van der Waals surface area contributed by atoms with Crippen LogP contribution < -0.4 is 5.32 Å². The molecule has 0 saturated carbocycles. The highest BCUT2D eigenvalue weighted by Gasteiger charge is 2.39. The second kappa shape index (κ2) is 7.34. The molecular formula is C18H18ClFN2O3S. The number of carbonyl (C=O) groups is 1. The van der Waals surface area contributed by atoms with Gasteiger partial charge >= 0.3 is 0 Å². The summed E-state index contributed by atoms with van der Waals surface area (Å²) in [6, 6.07) is 9.08. The van der Waals surface area contributed by atoms with Gasteiger partial charge in [0.1, 0.15) is 11.9 Å². The predicted octanol–water partition coefficient (Wildman–Crippen LogP) is 3.58. The van der Waals surface area contributed by atoms with Gasteiger partial charge < -0.3 is 5.32 Å². The number of nitrogens with zero attached hydrogens (tertiary/aromatic N) is 1. The maximum atomic E-state index is 13.4. The number of rotatable bonds is 4. The van der Waals surface area contributed by atoms with Crippen LogP contribution in [0.15, 0.2) is 47.4 Å². The van der Waals surface area contributed by atoms with Crippen LogP contribution in [0.5, 0.6) is 0 Å². The largest absolute Gasteiger partial charge is 0.324 e. The zero-order chi connectivity index (χ0) is 18.9. The summed E-state index contributed by atoms with van der Waals surface area (Å²) in [5.74, 6) is -0.934. The third-order valence-electron chi connectivity index (χ3n) is 4.38. The van der Waals surface area contributed by atoms with E-state index in [1.165, 1.54) is 40.7 Å². The first-order chi connectivity index (χ1) is 12.3. The molecule has 2 aromatic rings. The van der Waals surface area contributed by atoms with E-state index in [1.807, 2.05) is 0 Å². The SMILES string of the molecule is Cc1ccc(F)cc1NC(=O)[C@@H]1CCCN1S(=O)(=O)c1ccc(Cl)cc1. The Bertz CT molecular complexity index is 932. The van der Waals surface area contributed by atoms with Crippen LogP contribution in [0.1, 0.15) is 18.4 Å². The quantitative estimate of drug-likeness (QED) is 0.858. The lowest BCUT2D eigenvalue weighted by atomic mass is 10.1. The number of hydrogen-bond acceptors (Lipinski definition) is 3. The molecule has 8 heteroatoms. The first kappa shape index (κ1) is 18.8. The van der Waals surface area contributed by atoms with Crippen LogP contribution in [0.2, 0.25) is 5.02 Å². The molecular weight excluding hydrogens is 379 g/mol. The molecule has 0 bridgehead atoms. The maximum absolute atomic E-state index is 13.4. The highest BCUT2D eigenvalue weighted by molar-refractivity contribution is 7.89. The number of amides is 1. The Morgan fingerprint density at radius 1 is 1.23 bits per heavy atom. The highest BCUT2D eigenvalue weighted by atomic mass is 35.5. The number of carbonyl (C=O) groups excluding carboxylic acids is 1.